The van der Waals surface area contributed by atoms with E-state index in [-0.39, 0.29) is 5.82 Å². The lowest BCUT2D eigenvalue weighted by Crippen LogP contribution is -2.31. The van der Waals surface area contributed by atoms with Crippen LogP contribution in [0, 0.1) is 12.7 Å². The van der Waals surface area contributed by atoms with Gasteiger partial charge in [-0.2, -0.15) is 0 Å². The molecular weight excluding hydrogens is 395 g/mol. The summed E-state index contributed by atoms with van der Waals surface area (Å²) in [5.74, 6) is 2.00. The molecule has 31 heavy (non-hydrogen) atoms. The van der Waals surface area contributed by atoms with Crippen molar-refractivity contribution in [3.05, 3.63) is 53.5 Å². The number of methoxy groups -OCH3 is 2. The molecule has 0 spiro atoms. The van der Waals surface area contributed by atoms with Gasteiger partial charge in [-0.25, -0.2) is 14.4 Å². The minimum atomic E-state index is -0.261. The zero-order chi connectivity index (χ0) is 21.8. The molecule has 0 saturated carbocycles. The molecule has 0 bridgehead atoms. The molecule has 0 radical (unpaired) electrons. The fourth-order valence-electron chi connectivity index (χ4n) is 4.23. The molecule has 0 amide bonds. The van der Waals surface area contributed by atoms with E-state index in [4.69, 9.17) is 14.5 Å². The minimum Gasteiger partial charge on any atom is -0.493 e. The second-order valence-electron chi connectivity index (χ2n) is 7.92. The lowest BCUT2D eigenvalue weighted by atomic mass is 10.1. The van der Waals surface area contributed by atoms with Crippen LogP contribution < -0.4 is 19.7 Å². The predicted octanol–water partition coefficient (Wildman–Crippen LogP) is 4.24. The quantitative estimate of drug-likeness (QED) is 0.639. The monoisotopic (exact) mass is 424 g/mol. The molecule has 1 aliphatic rings. The number of fused-ring (bicyclic) bond motifs is 1. The van der Waals surface area contributed by atoms with Crippen molar-refractivity contribution in [2.24, 2.45) is 0 Å². The molecule has 1 aliphatic heterocycles. The number of nitrogens with one attached hydrogen (secondary N) is 1. The maximum absolute atomic E-state index is 13.6. The van der Waals surface area contributed by atoms with Gasteiger partial charge in [0.1, 0.15) is 5.82 Å². The van der Waals surface area contributed by atoms with E-state index >= 15 is 0 Å². The Kier molecular flexibility index (Phi) is 6.51. The van der Waals surface area contributed by atoms with Gasteiger partial charge in [0.05, 0.1) is 25.4 Å². The number of nitrogens with zero attached hydrogens (tertiary/aromatic N) is 3. The van der Waals surface area contributed by atoms with Crippen molar-refractivity contribution in [3.63, 3.8) is 0 Å². The van der Waals surface area contributed by atoms with E-state index in [1.54, 1.807) is 20.3 Å². The molecule has 1 saturated heterocycles. The van der Waals surface area contributed by atoms with Crippen LogP contribution >= 0.6 is 0 Å². The predicted molar refractivity (Wildman–Crippen MR) is 120 cm³/mol. The van der Waals surface area contributed by atoms with E-state index in [0.29, 0.717) is 6.04 Å². The molecule has 7 heteroatoms. The van der Waals surface area contributed by atoms with Gasteiger partial charge >= 0.3 is 0 Å². The summed E-state index contributed by atoms with van der Waals surface area (Å²) in [5.41, 5.74) is 2.68. The van der Waals surface area contributed by atoms with Gasteiger partial charge in [0.2, 0.25) is 5.95 Å². The molecule has 1 atom stereocenters. The molecule has 1 unspecified atom stereocenters. The number of halogens is 1. The Balaban J connectivity index is 1.42. The summed E-state index contributed by atoms with van der Waals surface area (Å²) in [6.07, 6.45) is 3.13. The SMILES string of the molecule is COc1cccc(CNC2CCCN(c3nc(C)c4cc(F)ccc4n3)CC2)c1OC. The fraction of sp³-hybridized carbons (Fsp3) is 0.417. The van der Waals surface area contributed by atoms with Crippen molar-refractivity contribution in [3.8, 4) is 11.5 Å². The Hall–Kier alpha value is -2.93. The molecule has 1 aromatic heterocycles. The van der Waals surface area contributed by atoms with E-state index < -0.39 is 0 Å². The molecule has 1 N–H and O–H groups in total. The molecule has 4 rings (SSSR count). The average Bonchev–Trinajstić information content (AvgIpc) is 3.03. The first-order valence-electron chi connectivity index (χ1n) is 10.7. The van der Waals surface area contributed by atoms with E-state index in [1.807, 2.05) is 19.1 Å². The highest BCUT2D eigenvalue weighted by Gasteiger charge is 2.20. The number of aromatic nitrogens is 2. The highest BCUT2D eigenvalue weighted by Crippen LogP contribution is 2.31. The molecular formula is C24H29FN4O2. The normalized spacial score (nSPS) is 16.9. The summed E-state index contributed by atoms with van der Waals surface area (Å²) < 4.78 is 24.5. The Morgan fingerprint density at radius 1 is 1.10 bits per heavy atom. The van der Waals surface area contributed by atoms with Gasteiger partial charge in [0, 0.05) is 36.6 Å². The Morgan fingerprint density at radius 2 is 1.97 bits per heavy atom. The van der Waals surface area contributed by atoms with Crippen LogP contribution in [0.25, 0.3) is 10.9 Å². The number of hydrogen-bond donors (Lipinski definition) is 1. The Morgan fingerprint density at radius 3 is 2.77 bits per heavy atom. The number of benzene rings is 2. The summed E-state index contributed by atoms with van der Waals surface area (Å²) in [5, 5.41) is 4.45. The van der Waals surface area contributed by atoms with Gasteiger partial charge in [0.15, 0.2) is 11.5 Å². The first-order chi connectivity index (χ1) is 15.1. The van der Waals surface area contributed by atoms with Crippen molar-refractivity contribution in [1.82, 2.24) is 15.3 Å². The van der Waals surface area contributed by atoms with Gasteiger partial charge in [-0.3, -0.25) is 0 Å². The second-order valence-corrected chi connectivity index (χ2v) is 7.92. The number of rotatable bonds is 6. The summed E-state index contributed by atoms with van der Waals surface area (Å²) in [4.78, 5) is 11.6. The van der Waals surface area contributed by atoms with Crippen LogP contribution in [0.2, 0.25) is 0 Å². The summed E-state index contributed by atoms with van der Waals surface area (Å²) in [6.45, 7) is 4.42. The summed E-state index contributed by atoms with van der Waals surface area (Å²) in [6, 6.07) is 11.0. The number of hydrogen-bond acceptors (Lipinski definition) is 6. The van der Waals surface area contributed by atoms with Crippen molar-refractivity contribution in [2.45, 2.75) is 38.8 Å². The van der Waals surface area contributed by atoms with Crippen molar-refractivity contribution in [1.29, 1.82) is 0 Å². The maximum atomic E-state index is 13.6. The minimum absolute atomic E-state index is 0.261. The van der Waals surface area contributed by atoms with Gasteiger partial charge in [-0.1, -0.05) is 12.1 Å². The standard InChI is InChI=1S/C24H29FN4O2/c1-16-20-14-18(25)9-10-21(20)28-24(27-16)29-12-5-7-19(11-13-29)26-15-17-6-4-8-22(30-2)23(17)31-3/h4,6,8-10,14,19,26H,5,7,11-13,15H2,1-3H3. The van der Waals surface area contributed by atoms with Crippen LogP contribution in [-0.2, 0) is 6.54 Å². The topological polar surface area (TPSA) is 59.5 Å². The van der Waals surface area contributed by atoms with Crippen LogP contribution in [0.15, 0.2) is 36.4 Å². The summed E-state index contributed by atoms with van der Waals surface area (Å²) in [7, 11) is 3.33. The zero-order valence-corrected chi connectivity index (χ0v) is 18.3. The van der Waals surface area contributed by atoms with Gasteiger partial charge in [-0.15, -0.1) is 0 Å². The van der Waals surface area contributed by atoms with Gasteiger partial charge < -0.3 is 19.7 Å². The van der Waals surface area contributed by atoms with Crippen LogP contribution in [-0.4, -0.2) is 43.3 Å². The van der Waals surface area contributed by atoms with E-state index in [0.717, 1.165) is 78.5 Å². The second kappa shape index (κ2) is 9.47. The molecule has 3 aromatic rings. The third-order valence-electron chi connectivity index (χ3n) is 5.91. The number of ether oxygens (including phenoxy) is 2. The van der Waals surface area contributed by atoms with E-state index in [1.165, 1.54) is 12.1 Å². The van der Waals surface area contributed by atoms with Crippen LogP contribution in [0.3, 0.4) is 0 Å². The third-order valence-corrected chi connectivity index (χ3v) is 5.91. The third kappa shape index (κ3) is 4.71. The molecule has 2 heterocycles. The van der Waals surface area contributed by atoms with Crippen LogP contribution in [0.1, 0.15) is 30.5 Å². The van der Waals surface area contributed by atoms with E-state index in [2.05, 4.69) is 21.3 Å². The smallest absolute Gasteiger partial charge is 0.226 e. The first-order valence-corrected chi connectivity index (χ1v) is 10.7. The van der Waals surface area contributed by atoms with Crippen molar-refractivity contribution >= 4 is 16.9 Å². The zero-order valence-electron chi connectivity index (χ0n) is 18.3. The number of anilines is 1. The fourth-order valence-corrected chi connectivity index (χ4v) is 4.23. The number of aryl methyl sites for hydroxylation is 1. The molecule has 0 aliphatic carbocycles. The van der Waals surface area contributed by atoms with Gasteiger partial charge in [-0.05, 0) is 50.5 Å². The van der Waals surface area contributed by atoms with Crippen molar-refractivity contribution in [2.75, 3.05) is 32.2 Å². The summed E-state index contributed by atoms with van der Waals surface area (Å²) >= 11 is 0. The van der Waals surface area contributed by atoms with Crippen molar-refractivity contribution < 1.29 is 13.9 Å². The molecule has 2 aromatic carbocycles. The molecule has 1 fully saturated rings. The lowest BCUT2D eigenvalue weighted by Gasteiger charge is -2.22. The van der Waals surface area contributed by atoms with Crippen LogP contribution in [0.5, 0.6) is 11.5 Å². The molecule has 6 nitrogen and oxygen atoms in total. The largest absolute Gasteiger partial charge is 0.493 e. The first kappa shape index (κ1) is 21.3. The van der Waals surface area contributed by atoms with E-state index in [9.17, 15) is 4.39 Å². The highest BCUT2D eigenvalue weighted by atomic mass is 19.1. The number of para-hydroxylation sites is 1. The van der Waals surface area contributed by atoms with Gasteiger partial charge in [0.25, 0.3) is 0 Å². The molecule has 164 valence electrons. The Bertz CT molecular complexity index is 1060. The maximum Gasteiger partial charge on any atom is 0.226 e. The highest BCUT2D eigenvalue weighted by molar-refractivity contribution is 5.81. The van der Waals surface area contributed by atoms with Crippen LogP contribution in [0.4, 0.5) is 10.3 Å². The lowest BCUT2D eigenvalue weighted by molar-refractivity contribution is 0.349. The average molecular weight is 425 g/mol. The Labute approximate surface area is 182 Å².